The van der Waals surface area contributed by atoms with Gasteiger partial charge in [0.1, 0.15) is 35.7 Å². The van der Waals surface area contributed by atoms with Crippen LogP contribution < -0.4 is 0 Å². The molecule has 0 saturated carbocycles. The molecule has 12 heteroatoms. The number of halogens is 1. The van der Waals surface area contributed by atoms with Gasteiger partial charge in [-0.15, -0.1) is 11.3 Å². The third-order valence-corrected chi connectivity index (χ3v) is 12.3. The average Bonchev–Trinajstić information content (AvgIpc) is 3.69. The van der Waals surface area contributed by atoms with Crippen LogP contribution in [0.5, 0.6) is 0 Å². The molecule has 1 aromatic rings. The van der Waals surface area contributed by atoms with Crippen LogP contribution in [0.25, 0.3) is 0 Å². The molecule has 3 fully saturated rings. The zero-order chi connectivity index (χ0) is 38.9. The van der Waals surface area contributed by atoms with Crippen LogP contribution >= 0.6 is 22.9 Å². The van der Waals surface area contributed by atoms with Gasteiger partial charge in [-0.25, -0.2) is 4.79 Å². The van der Waals surface area contributed by atoms with Gasteiger partial charge in [0.15, 0.2) is 11.9 Å². The lowest BCUT2D eigenvalue weighted by Crippen LogP contribution is -2.59. The van der Waals surface area contributed by atoms with E-state index in [1.807, 2.05) is 12.2 Å². The standard InChI is InChI=1S/C42H54ClNO9S/c1-23(2)16-26(5)36-28(7)33(44-48-8)21-41(53-36)20-31-19-30(52-41)13-12-25(4)17-24(3)10-9-11-29-22-49-38-37(51-40(46)34-14-15-35(43)54-34)27(6)18-32(39(45)50-31)42(29,38)47/h9-12,14-16,18,23-24,28,30-32,36-38,47H,13,17,19-22H2,1-8H3/b10-9+,25-12+,26-16+,29-11+,44-33-/t24-,28-,30+,31-,32-,36+,37+,38+,41-,42+/m0/s1. The predicted molar refractivity (Wildman–Crippen MR) is 208 cm³/mol. The first-order valence-corrected chi connectivity index (χ1v) is 20.2. The van der Waals surface area contributed by atoms with E-state index in [9.17, 15) is 14.7 Å². The maximum absolute atomic E-state index is 14.6. The van der Waals surface area contributed by atoms with Crippen molar-refractivity contribution in [2.24, 2.45) is 28.8 Å². The van der Waals surface area contributed by atoms with Crippen LogP contribution in [0.3, 0.4) is 0 Å². The molecule has 0 radical (unpaired) electrons. The number of allylic oxidation sites excluding steroid dienone is 5. The molecule has 54 heavy (non-hydrogen) atoms. The minimum absolute atomic E-state index is 0.0450. The second kappa shape index (κ2) is 16.6. The van der Waals surface area contributed by atoms with E-state index < -0.39 is 47.6 Å². The van der Waals surface area contributed by atoms with E-state index in [0.29, 0.717) is 45.5 Å². The SMILES string of the molecule is CO/N=C1/C[C@]2(C[C@@H]3C[C@@H](C/C=C(\C)C[C@@H](C)/C=C/C=C4\CO[C@@H]5[C@H](OC(=O)c6ccc(Cl)s6)C(C)=C[C@@H](C(=O)O3)[C@]45O)O2)O[C@H](/C(C)=C/C(C)C)[C@H]1C. The van der Waals surface area contributed by atoms with Crippen molar-refractivity contribution in [1.29, 1.82) is 0 Å². The van der Waals surface area contributed by atoms with Gasteiger partial charge in [-0.05, 0) is 74.3 Å². The Morgan fingerprint density at radius 1 is 1.19 bits per heavy atom. The molecule has 294 valence electrons. The number of rotatable bonds is 5. The number of carbonyl (C=O) groups is 2. The van der Waals surface area contributed by atoms with Gasteiger partial charge >= 0.3 is 11.9 Å². The Balaban J connectivity index is 1.38. The van der Waals surface area contributed by atoms with Gasteiger partial charge in [0.05, 0.1) is 28.9 Å². The first kappa shape index (κ1) is 40.6. The molecular formula is C42H54ClNO9S. The summed E-state index contributed by atoms with van der Waals surface area (Å²) < 4.78 is 33.0. The maximum atomic E-state index is 14.6. The number of nitrogens with zero attached hydrogens (tertiary/aromatic N) is 1. The van der Waals surface area contributed by atoms with Crippen molar-refractivity contribution >= 4 is 40.6 Å². The van der Waals surface area contributed by atoms with Crippen LogP contribution in [-0.2, 0) is 33.3 Å². The molecule has 3 saturated heterocycles. The highest BCUT2D eigenvalue weighted by Crippen LogP contribution is 2.48. The fourth-order valence-electron chi connectivity index (χ4n) is 8.67. The van der Waals surface area contributed by atoms with Crippen molar-refractivity contribution < 1.29 is 43.2 Å². The summed E-state index contributed by atoms with van der Waals surface area (Å²) in [7, 11) is 1.54. The molecule has 1 N–H and O–H groups in total. The molecule has 6 rings (SSSR count). The van der Waals surface area contributed by atoms with Crippen molar-refractivity contribution in [3.05, 3.63) is 80.1 Å². The summed E-state index contributed by atoms with van der Waals surface area (Å²) in [4.78, 5) is 33.5. The van der Waals surface area contributed by atoms with Gasteiger partial charge in [-0.1, -0.05) is 86.5 Å². The van der Waals surface area contributed by atoms with Crippen molar-refractivity contribution in [1.82, 2.24) is 0 Å². The Kier molecular flexibility index (Phi) is 12.5. The lowest BCUT2D eigenvalue weighted by Gasteiger charge is -2.50. The molecule has 2 bridgehead atoms. The Morgan fingerprint density at radius 3 is 2.67 bits per heavy atom. The third kappa shape index (κ3) is 8.51. The van der Waals surface area contributed by atoms with Crippen LogP contribution in [0.4, 0.5) is 0 Å². The molecule has 1 aromatic heterocycles. The summed E-state index contributed by atoms with van der Waals surface area (Å²) in [6.07, 6.45) is 11.1. The molecule has 0 aromatic carbocycles. The summed E-state index contributed by atoms with van der Waals surface area (Å²) in [5.74, 6) is -3.03. The van der Waals surface area contributed by atoms with Crippen molar-refractivity contribution in [3.8, 4) is 0 Å². The van der Waals surface area contributed by atoms with Crippen molar-refractivity contribution in [2.75, 3.05) is 13.7 Å². The van der Waals surface area contributed by atoms with E-state index in [1.54, 1.807) is 25.1 Å². The quantitative estimate of drug-likeness (QED) is 0.179. The van der Waals surface area contributed by atoms with Crippen molar-refractivity contribution in [2.45, 2.75) is 122 Å². The van der Waals surface area contributed by atoms with Gasteiger partial charge in [0.2, 0.25) is 0 Å². The van der Waals surface area contributed by atoms with Gasteiger partial charge in [0, 0.05) is 25.2 Å². The number of fused-ring (bicyclic) bond motifs is 2. The number of carbonyl (C=O) groups excluding carboxylic acids is 2. The van der Waals surface area contributed by atoms with Crippen molar-refractivity contribution in [3.63, 3.8) is 0 Å². The lowest BCUT2D eigenvalue weighted by molar-refractivity contribution is -0.313. The van der Waals surface area contributed by atoms with E-state index >= 15 is 0 Å². The number of ether oxygens (including phenoxy) is 5. The minimum atomic E-state index is -1.85. The van der Waals surface area contributed by atoms with Crippen LogP contribution in [0.2, 0.25) is 4.34 Å². The zero-order valence-electron chi connectivity index (χ0n) is 32.5. The summed E-state index contributed by atoms with van der Waals surface area (Å²) >= 11 is 7.21. The van der Waals surface area contributed by atoms with Gasteiger partial charge in [-0.3, -0.25) is 4.79 Å². The van der Waals surface area contributed by atoms with E-state index in [4.69, 9.17) is 40.1 Å². The second-order valence-electron chi connectivity index (χ2n) is 16.0. The molecule has 0 unspecified atom stereocenters. The van der Waals surface area contributed by atoms with Crippen LogP contribution in [0.15, 0.2) is 76.0 Å². The number of oxime groups is 1. The van der Waals surface area contributed by atoms with E-state index in [1.165, 1.54) is 12.7 Å². The number of aliphatic hydroxyl groups is 1. The highest BCUT2D eigenvalue weighted by Gasteiger charge is 2.61. The second-order valence-corrected chi connectivity index (χ2v) is 17.7. The normalized spacial score (nSPS) is 39.5. The first-order valence-electron chi connectivity index (χ1n) is 19.0. The molecule has 0 amide bonds. The minimum Gasteiger partial charge on any atom is -0.462 e. The number of esters is 2. The average molecular weight is 784 g/mol. The Labute approximate surface area is 327 Å². The third-order valence-electron chi connectivity index (χ3n) is 11.1. The molecule has 10 atom stereocenters. The summed E-state index contributed by atoms with van der Waals surface area (Å²) in [6.45, 7) is 14.5. The first-order chi connectivity index (χ1) is 25.6. The Hall–Kier alpha value is -3.06. The fourth-order valence-corrected chi connectivity index (χ4v) is 9.60. The molecule has 1 spiro atoms. The fraction of sp³-hybridized carbons (Fsp3) is 0.595. The number of hydrogen-bond acceptors (Lipinski definition) is 11. The molecule has 10 nitrogen and oxygen atoms in total. The molecule has 5 aliphatic rings. The van der Waals surface area contributed by atoms with Gasteiger partial charge in [-0.2, -0.15) is 0 Å². The maximum Gasteiger partial charge on any atom is 0.349 e. The smallest absolute Gasteiger partial charge is 0.349 e. The monoisotopic (exact) mass is 783 g/mol. The Morgan fingerprint density at radius 2 is 1.96 bits per heavy atom. The van der Waals surface area contributed by atoms with Gasteiger partial charge in [0.25, 0.3) is 0 Å². The van der Waals surface area contributed by atoms with E-state index in [-0.39, 0.29) is 37.1 Å². The van der Waals surface area contributed by atoms with Crippen LogP contribution in [-0.4, -0.2) is 78.4 Å². The highest BCUT2D eigenvalue weighted by atomic mass is 35.5. The zero-order valence-corrected chi connectivity index (χ0v) is 34.1. The predicted octanol–water partition coefficient (Wildman–Crippen LogP) is 8.31. The van der Waals surface area contributed by atoms with E-state index in [2.05, 4.69) is 64.9 Å². The molecular weight excluding hydrogens is 730 g/mol. The lowest BCUT2D eigenvalue weighted by atomic mass is 9.70. The largest absolute Gasteiger partial charge is 0.462 e. The number of thiophene rings is 1. The van der Waals surface area contributed by atoms with E-state index in [0.717, 1.165) is 29.0 Å². The van der Waals surface area contributed by atoms with Crippen LogP contribution in [0, 0.1) is 23.7 Å². The molecule has 5 heterocycles. The molecule has 1 aliphatic carbocycles. The summed E-state index contributed by atoms with van der Waals surface area (Å²) in [5, 5.41) is 17.2. The highest BCUT2D eigenvalue weighted by molar-refractivity contribution is 7.17. The van der Waals surface area contributed by atoms with Gasteiger partial charge < -0.3 is 33.6 Å². The summed E-state index contributed by atoms with van der Waals surface area (Å²) in [6, 6.07) is 3.23. The topological polar surface area (TPSA) is 122 Å². The summed E-state index contributed by atoms with van der Waals surface area (Å²) in [5.41, 5.74) is 2.32. The number of hydrogen-bond donors (Lipinski definition) is 1. The van der Waals surface area contributed by atoms with Crippen LogP contribution in [0.1, 0.15) is 90.2 Å². The Bertz CT molecular complexity index is 1770. The molecule has 4 aliphatic heterocycles.